The van der Waals surface area contributed by atoms with Crippen molar-refractivity contribution in [1.82, 2.24) is 19.8 Å². The van der Waals surface area contributed by atoms with E-state index in [4.69, 9.17) is 11.6 Å². The van der Waals surface area contributed by atoms with Crippen molar-refractivity contribution in [2.75, 3.05) is 44.2 Å². The summed E-state index contributed by atoms with van der Waals surface area (Å²) in [6.45, 7) is 7.17. The van der Waals surface area contributed by atoms with E-state index in [1.807, 2.05) is 24.3 Å². The first kappa shape index (κ1) is 24.1. The number of halogens is 1. The van der Waals surface area contributed by atoms with Gasteiger partial charge in [-0.05, 0) is 68.2 Å². The van der Waals surface area contributed by atoms with Crippen LogP contribution in [-0.2, 0) is 4.79 Å². The molecule has 7 nitrogen and oxygen atoms in total. The van der Waals surface area contributed by atoms with Crippen molar-refractivity contribution in [2.45, 2.75) is 63.0 Å². The van der Waals surface area contributed by atoms with Gasteiger partial charge in [-0.2, -0.15) is 0 Å². The van der Waals surface area contributed by atoms with E-state index in [1.54, 1.807) is 6.33 Å². The Morgan fingerprint density at radius 1 is 1.08 bits per heavy atom. The lowest BCUT2D eigenvalue weighted by molar-refractivity contribution is -0.134. The highest BCUT2D eigenvalue weighted by Crippen LogP contribution is 2.43. The van der Waals surface area contributed by atoms with Gasteiger partial charge in [-0.3, -0.25) is 9.69 Å². The number of fused-ring (bicyclic) bond motifs is 1. The Hall–Kier alpha value is -2.22. The zero-order valence-corrected chi connectivity index (χ0v) is 21.8. The van der Waals surface area contributed by atoms with E-state index in [1.165, 1.54) is 12.8 Å². The van der Waals surface area contributed by atoms with Crippen LogP contribution in [-0.4, -0.2) is 76.1 Å². The normalized spacial score (nSPS) is 27.4. The zero-order valence-electron chi connectivity index (χ0n) is 21.0. The number of nitrogens with zero attached hydrogens (tertiary/aromatic N) is 5. The number of carbonyl (C=O) groups is 1. The van der Waals surface area contributed by atoms with Gasteiger partial charge in [0.05, 0.1) is 17.7 Å². The summed E-state index contributed by atoms with van der Waals surface area (Å²) in [4.78, 5) is 30.0. The Balaban J connectivity index is 1.20. The Kier molecular flexibility index (Phi) is 6.65. The Labute approximate surface area is 218 Å². The predicted molar refractivity (Wildman–Crippen MR) is 140 cm³/mol. The lowest BCUT2D eigenvalue weighted by Gasteiger charge is -2.40. The van der Waals surface area contributed by atoms with Crippen molar-refractivity contribution in [3.8, 4) is 0 Å². The fourth-order valence-electron chi connectivity index (χ4n) is 6.58. The Morgan fingerprint density at radius 2 is 1.83 bits per heavy atom. The van der Waals surface area contributed by atoms with Crippen LogP contribution < -0.4 is 4.90 Å². The van der Waals surface area contributed by atoms with Gasteiger partial charge in [0.2, 0.25) is 5.91 Å². The molecule has 36 heavy (non-hydrogen) atoms. The Bertz CT molecular complexity index is 1100. The first-order chi connectivity index (χ1) is 17.5. The first-order valence-corrected chi connectivity index (χ1v) is 13.9. The lowest BCUT2D eigenvalue weighted by Crippen LogP contribution is -2.52. The van der Waals surface area contributed by atoms with E-state index in [2.05, 4.69) is 31.6 Å². The second-order valence-corrected chi connectivity index (χ2v) is 11.6. The minimum atomic E-state index is -0.509. The molecule has 2 aromatic rings. The average Bonchev–Trinajstić information content (AvgIpc) is 3.52. The minimum absolute atomic E-state index is 0.159. The predicted octanol–water partition coefficient (Wildman–Crippen LogP) is 3.98. The summed E-state index contributed by atoms with van der Waals surface area (Å²) in [5, 5.41) is 11.1. The van der Waals surface area contributed by atoms with Crippen LogP contribution in [0.4, 0.5) is 5.82 Å². The number of aliphatic hydroxyl groups is 1. The van der Waals surface area contributed by atoms with Crippen LogP contribution >= 0.6 is 11.6 Å². The third kappa shape index (κ3) is 4.61. The molecule has 2 saturated heterocycles. The van der Waals surface area contributed by atoms with E-state index in [-0.39, 0.29) is 23.8 Å². The van der Waals surface area contributed by atoms with Crippen LogP contribution in [0.2, 0.25) is 5.02 Å². The first-order valence-electron chi connectivity index (χ1n) is 13.6. The van der Waals surface area contributed by atoms with Crippen molar-refractivity contribution in [1.29, 1.82) is 0 Å². The number of carbonyl (C=O) groups excluding carboxylic acids is 1. The number of piperazine rings is 1. The van der Waals surface area contributed by atoms with Gasteiger partial charge in [-0.15, -0.1) is 0 Å². The topological polar surface area (TPSA) is 72.8 Å². The van der Waals surface area contributed by atoms with Crippen LogP contribution in [0.5, 0.6) is 0 Å². The molecule has 0 radical (unpaired) electrons. The van der Waals surface area contributed by atoms with Gasteiger partial charge < -0.3 is 14.9 Å². The number of aromatic nitrogens is 2. The third-order valence-electron chi connectivity index (χ3n) is 8.65. The summed E-state index contributed by atoms with van der Waals surface area (Å²) in [7, 11) is 0. The highest BCUT2D eigenvalue weighted by atomic mass is 35.5. The summed E-state index contributed by atoms with van der Waals surface area (Å²) in [6, 6.07) is 8.18. The SMILES string of the molecule is C[C@@H]1C[C@@H](O)c2ncnc(N3CCN(C(=O)[C@@H](c4ccc(Cl)cc4)[C@@H]4CCCN4CC4CC4)CC3)c21. The lowest BCUT2D eigenvalue weighted by atomic mass is 9.88. The molecule has 2 aliphatic heterocycles. The van der Waals surface area contributed by atoms with Crippen LogP contribution in [0.1, 0.15) is 73.8 Å². The molecule has 1 amide bonds. The number of benzene rings is 1. The van der Waals surface area contributed by atoms with Gasteiger partial charge in [0.15, 0.2) is 0 Å². The van der Waals surface area contributed by atoms with E-state index >= 15 is 0 Å². The molecule has 192 valence electrons. The number of rotatable bonds is 6. The highest BCUT2D eigenvalue weighted by molar-refractivity contribution is 6.30. The molecule has 6 rings (SSSR count). The second-order valence-electron chi connectivity index (χ2n) is 11.1. The van der Waals surface area contributed by atoms with Crippen molar-refractivity contribution >= 4 is 23.3 Å². The molecule has 1 aromatic carbocycles. The summed E-state index contributed by atoms with van der Waals surface area (Å²) < 4.78 is 0. The molecule has 8 heteroatoms. The van der Waals surface area contributed by atoms with Gasteiger partial charge in [-0.1, -0.05) is 30.7 Å². The summed E-state index contributed by atoms with van der Waals surface area (Å²) in [5.74, 6) is 2.05. The number of hydrogen-bond donors (Lipinski definition) is 1. The number of anilines is 1. The molecule has 3 heterocycles. The van der Waals surface area contributed by atoms with Crippen LogP contribution in [0.15, 0.2) is 30.6 Å². The highest BCUT2D eigenvalue weighted by Gasteiger charge is 2.41. The molecule has 0 spiro atoms. The van der Waals surface area contributed by atoms with E-state index in [9.17, 15) is 9.90 Å². The molecule has 2 aliphatic carbocycles. The molecule has 3 fully saturated rings. The van der Waals surface area contributed by atoms with Crippen molar-refractivity contribution in [3.05, 3.63) is 52.4 Å². The molecule has 1 saturated carbocycles. The van der Waals surface area contributed by atoms with Gasteiger partial charge >= 0.3 is 0 Å². The average molecular weight is 510 g/mol. The molecule has 0 unspecified atom stereocenters. The molecular formula is C28H36ClN5O2. The monoisotopic (exact) mass is 509 g/mol. The maximum atomic E-state index is 14.1. The molecule has 1 aromatic heterocycles. The number of aliphatic hydroxyl groups excluding tert-OH is 1. The van der Waals surface area contributed by atoms with Crippen molar-refractivity contribution in [3.63, 3.8) is 0 Å². The maximum absolute atomic E-state index is 14.1. The molecular weight excluding hydrogens is 474 g/mol. The van der Waals surface area contributed by atoms with Gasteiger partial charge in [0.25, 0.3) is 0 Å². The van der Waals surface area contributed by atoms with Crippen molar-refractivity contribution < 1.29 is 9.90 Å². The minimum Gasteiger partial charge on any atom is -0.387 e. The number of likely N-dealkylation sites (tertiary alicyclic amines) is 1. The molecule has 4 aliphatic rings. The summed E-state index contributed by atoms with van der Waals surface area (Å²) in [5.41, 5.74) is 2.92. The third-order valence-corrected chi connectivity index (χ3v) is 8.91. The van der Waals surface area contributed by atoms with Gasteiger partial charge in [-0.25, -0.2) is 9.97 Å². The molecule has 4 atom stereocenters. The number of hydrogen-bond acceptors (Lipinski definition) is 6. The Morgan fingerprint density at radius 3 is 2.56 bits per heavy atom. The quantitative estimate of drug-likeness (QED) is 0.635. The maximum Gasteiger partial charge on any atom is 0.231 e. The van der Waals surface area contributed by atoms with E-state index < -0.39 is 6.10 Å². The fourth-order valence-corrected chi connectivity index (χ4v) is 6.70. The summed E-state index contributed by atoms with van der Waals surface area (Å²) in [6.07, 6.45) is 6.63. The summed E-state index contributed by atoms with van der Waals surface area (Å²) >= 11 is 6.21. The van der Waals surface area contributed by atoms with Crippen LogP contribution in [0.3, 0.4) is 0 Å². The fraction of sp³-hybridized carbons (Fsp3) is 0.607. The zero-order chi connectivity index (χ0) is 24.8. The second kappa shape index (κ2) is 9.92. The molecule has 0 bridgehead atoms. The smallest absolute Gasteiger partial charge is 0.231 e. The van der Waals surface area contributed by atoms with E-state index in [0.717, 1.165) is 67.6 Å². The number of amides is 1. The largest absolute Gasteiger partial charge is 0.387 e. The van der Waals surface area contributed by atoms with Gasteiger partial charge in [0.1, 0.15) is 12.1 Å². The van der Waals surface area contributed by atoms with Crippen LogP contribution in [0, 0.1) is 5.92 Å². The van der Waals surface area contributed by atoms with Crippen molar-refractivity contribution in [2.24, 2.45) is 5.92 Å². The standard InChI is InChI=1S/C28H36ClN5O2/c1-18-15-23(35)26-24(18)27(31-17-30-26)32-11-13-33(14-12-32)28(36)25(20-6-8-21(29)9-7-20)22-3-2-10-34(22)16-19-4-5-19/h6-9,17-19,22-23,25,35H,2-5,10-16H2,1H3/t18-,22+,23-,25+/m1/s1. The van der Waals surface area contributed by atoms with E-state index in [0.29, 0.717) is 24.5 Å². The van der Waals surface area contributed by atoms with Crippen LogP contribution in [0.25, 0.3) is 0 Å². The van der Waals surface area contributed by atoms with Gasteiger partial charge in [0, 0.05) is 49.4 Å². The molecule has 1 N–H and O–H groups in total.